The Kier molecular flexibility index (Phi) is 3.32. The second kappa shape index (κ2) is 5.34. The Hall–Kier alpha value is -1.98. The lowest BCUT2D eigenvalue weighted by molar-refractivity contribution is 0.656. The molecular formula is C17H17N3OS. The van der Waals surface area contributed by atoms with Crippen molar-refractivity contribution >= 4 is 21.6 Å². The molecule has 0 spiro atoms. The van der Waals surface area contributed by atoms with Gasteiger partial charge in [-0.2, -0.15) is 0 Å². The van der Waals surface area contributed by atoms with E-state index in [0.717, 1.165) is 35.3 Å². The third-order valence-corrected chi connectivity index (χ3v) is 5.44. The molecule has 1 N–H and O–H groups in total. The highest BCUT2D eigenvalue weighted by atomic mass is 32.1. The summed E-state index contributed by atoms with van der Waals surface area (Å²) in [5, 5.41) is 4.19. The Labute approximate surface area is 132 Å². The third-order valence-electron chi connectivity index (χ3n) is 4.30. The average molecular weight is 311 g/mol. The molecule has 0 saturated heterocycles. The van der Waals surface area contributed by atoms with Crippen LogP contribution in [0.1, 0.15) is 21.6 Å². The minimum absolute atomic E-state index is 0.0904. The van der Waals surface area contributed by atoms with Crippen LogP contribution in [-0.4, -0.2) is 16.1 Å². The van der Waals surface area contributed by atoms with Crippen LogP contribution in [0.2, 0.25) is 0 Å². The molecule has 0 fully saturated rings. The number of aryl methyl sites for hydroxylation is 1. The maximum Gasteiger partial charge on any atom is 0.262 e. The molecule has 4 nitrogen and oxygen atoms in total. The van der Waals surface area contributed by atoms with Gasteiger partial charge in [0.05, 0.1) is 18.3 Å². The van der Waals surface area contributed by atoms with Crippen LogP contribution in [0.15, 0.2) is 35.4 Å². The van der Waals surface area contributed by atoms with Crippen molar-refractivity contribution in [3.05, 3.63) is 62.5 Å². The zero-order valence-electron chi connectivity index (χ0n) is 12.4. The van der Waals surface area contributed by atoms with Crippen LogP contribution in [0.5, 0.6) is 0 Å². The van der Waals surface area contributed by atoms with Gasteiger partial charge >= 0.3 is 0 Å². The quantitative estimate of drug-likeness (QED) is 0.791. The van der Waals surface area contributed by atoms with Gasteiger partial charge in [0, 0.05) is 11.4 Å². The molecule has 0 aliphatic carbocycles. The summed E-state index contributed by atoms with van der Waals surface area (Å²) in [6, 6.07) is 8.17. The monoisotopic (exact) mass is 311 g/mol. The molecule has 1 aromatic carbocycles. The molecular weight excluding hydrogens is 294 g/mol. The molecule has 1 aliphatic rings. The number of hydrogen-bond acceptors (Lipinski definition) is 4. The maximum absolute atomic E-state index is 12.9. The molecule has 112 valence electrons. The largest absolute Gasteiger partial charge is 0.312 e. The predicted octanol–water partition coefficient (Wildman–Crippen LogP) is 2.46. The van der Waals surface area contributed by atoms with Crippen LogP contribution >= 0.6 is 11.3 Å². The predicted molar refractivity (Wildman–Crippen MR) is 89.6 cm³/mol. The standard InChI is InChI=1S/C17H17N3OS/c1-11-4-2-3-5-12(11)9-20-10-19-16-15(17(20)21)13-6-7-18-8-14(13)22-16/h2-5,10,18H,6-9H2,1H3. The SMILES string of the molecule is Cc1ccccc1Cn1cnc2sc3c(c2c1=O)CCNC3. The van der Waals surface area contributed by atoms with E-state index >= 15 is 0 Å². The van der Waals surface area contributed by atoms with E-state index in [1.54, 1.807) is 22.2 Å². The summed E-state index contributed by atoms with van der Waals surface area (Å²) >= 11 is 1.65. The van der Waals surface area contributed by atoms with Crippen molar-refractivity contribution in [2.45, 2.75) is 26.4 Å². The van der Waals surface area contributed by atoms with Gasteiger partial charge in [0.2, 0.25) is 0 Å². The second-order valence-electron chi connectivity index (χ2n) is 5.71. The highest BCUT2D eigenvalue weighted by Crippen LogP contribution is 2.29. The van der Waals surface area contributed by atoms with E-state index in [1.165, 1.54) is 16.0 Å². The van der Waals surface area contributed by atoms with Crippen molar-refractivity contribution < 1.29 is 0 Å². The maximum atomic E-state index is 12.9. The van der Waals surface area contributed by atoms with Crippen molar-refractivity contribution in [1.82, 2.24) is 14.9 Å². The number of benzene rings is 1. The van der Waals surface area contributed by atoms with E-state index in [1.807, 2.05) is 12.1 Å². The van der Waals surface area contributed by atoms with E-state index in [9.17, 15) is 4.79 Å². The van der Waals surface area contributed by atoms with Crippen molar-refractivity contribution in [2.75, 3.05) is 6.54 Å². The highest BCUT2D eigenvalue weighted by molar-refractivity contribution is 7.18. The van der Waals surface area contributed by atoms with Crippen LogP contribution in [0.3, 0.4) is 0 Å². The van der Waals surface area contributed by atoms with Crippen LogP contribution < -0.4 is 10.9 Å². The Balaban J connectivity index is 1.84. The lowest BCUT2D eigenvalue weighted by Crippen LogP contribution is -2.25. The minimum Gasteiger partial charge on any atom is -0.312 e. The molecule has 0 radical (unpaired) electrons. The first-order valence-electron chi connectivity index (χ1n) is 7.49. The van der Waals surface area contributed by atoms with Crippen LogP contribution in [-0.2, 0) is 19.5 Å². The Morgan fingerprint density at radius 1 is 1.36 bits per heavy atom. The first-order chi connectivity index (χ1) is 10.7. The molecule has 3 heterocycles. The fraction of sp³-hybridized carbons (Fsp3) is 0.294. The van der Waals surface area contributed by atoms with Crippen molar-refractivity contribution in [3.63, 3.8) is 0 Å². The number of rotatable bonds is 2. The molecule has 1 aliphatic heterocycles. The lowest BCUT2D eigenvalue weighted by Gasteiger charge is -2.12. The summed E-state index contributed by atoms with van der Waals surface area (Å²) in [5.74, 6) is 0. The van der Waals surface area contributed by atoms with Gasteiger partial charge in [0.25, 0.3) is 5.56 Å². The number of nitrogens with one attached hydrogen (secondary N) is 1. The van der Waals surface area contributed by atoms with Crippen LogP contribution in [0, 0.1) is 6.92 Å². The van der Waals surface area contributed by atoms with Gasteiger partial charge in [-0.15, -0.1) is 11.3 Å². The van der Waals surface area contributed by atoms with Gasteiger partial charge in [0.15, 0.2) is 0 Å². The molecule has 4 rings (SSSR count). The smallest absolute Gasteiger partial charge is 0.262 e. The average Bonchev–Trinajstić information content (AvgIpc) is 2.91. The first kappa shape index (κ1) is 13.7. The summed E-state index contributed by atoms with van der Waals surface area (Å²) in [6.07, 6.45) is 2.60. The molecule has 5 heteroatoms. The van der Waals surface area contributed by atoms with Gasteiger partial charge in [-0.3, -0.25) is 9.36 Å². The Bertz CT molecular complexity index is 910. The van der Waals surface area contributed by atoms with Crippen LogP contribution in [0.4, 0.5) is 0 Å². The van der Waals surface area contributed by atoms with Gasteiger partial charge in [-0.25, -0.2) is 4.98 Å². The van der Waals surface area contributed by atoms with E-state index in [2.05, 4.69) is 29.4 Å². The summed E-state index contributed by atoms with van der Waals surface area (Å²) < 4.78 is 1.74. The van der Waals surface area contributed by atoms with E-state index in [0.29, 0.717) is 6.54 Å². The lowest BCUT2D eigenvalue weighted by atomic mass is 10.1. The van der Waals surface area contributed by atoms with Gasteiger partial charge in [-0.1, -0.05) is 24.3 Å². The molecule has 0 atom stereocenters. The highest BCUT2D eigenvalue weighted by Gasteiger charge is 2.19. The summed E-state index contributed by atoms with van der Waals surface area (Å²) in [6.45, 7) is 4.44. The van der Waals surface area contributed by atoms with Crippen LogP contribution in [0.25, 0.3) is 10.2 Å². The molecule has 3 aromatic rings. The van der Waals surface area contributed by atoms with Gasteiger partial charge in [-0.05, 0) is 36.6 Å². The fourth-order valence-corrected chi connectivity index (χ4v) is 4.18. The summed E-state index contributed by atoms with van der Waals surface area (Å²) in [4.78, 5) is 19.6. The second-order valence-corrected chi connectivity index (χ2v) is 6.80. The fourth-order valence-electron chi connectivity index (χ4n) is 3.03. The molecule has 0 amide bonds. The van der Waals surface area contributed by atoms with Gasteiger partial charge in [0.1, 0.15) is 4.83 Å². The number of nitrogens with zero attached hydrogens (tertiary/aromatic N) is 2. The number of aromatic nitrogens is 2. The first-order valence-corrected chi connectivity index (χ1v) is 8.30. The minimum atomic E-state index is 0.0904. The van der Waals surface area contributed by atoms with Crippen molar-refractivity contribution in [3.8, 4) is 0 Å². The van der Waals surface area contributed by atoms with Crippen molar-refractivity contribution in [2.24, 2.45) is 0 Å². The Morgan fingerprint density at radius 2 is 2.23 bits per heavy atom. The molecule has 2 aromatic heterocycles. The normalized spacial score (nSPS) is 14.2. The Morgan fingerprint density at radius 3 is 3.09 bits per heavy atom. The number of fused-ring (bicyclic) bond motifs is 3. The van der Waals surface area contributed by atoms with Crippen molar-refractivity contribution in [1.29, 1.82) is 0 Å². The molecule has 0 unspecified atom stereocenters. The van der Waals surface area contributed by atoms with E-state index in [4.69, 9.17) is 0 Å². The van der Waals surface area contributed by atoms with E-state index in [-0.39, 0.29) is 5.56 Å². The zero-order chi connectivity index (χ0) is 15.1. The number of thiophene rings is 1. The van der Waals surface area contributed by atoms with Gasteiger partial charge < -0.3 is 5.32 Å². The molecule has 22 heavy (non-hydrogen) atoms. The van der Waals surface area contributed by atoms with E-state index < -0.39 is 0 Å². The molecule has 0 bridgehead atoms. The topological polar surface area (TPSA) is 46.9 Å². The number of hydrogen-bond donors (Lipinski definition) is 1. The third kappa shape index (κ3) is 2.17. The summed E-state index contributed by atoms with van der Waals surface area (Å²) in [5.41, 5.74) is 3.66. The summed E-state index contributed by atoms with van der Waals surface area (Å²) in [7, 11) is 0. The molecule has 0 saturated carbocycles. The zero-order valence-corrected chi connectivity index (χ0v) is 13.2.